The van der Waals surface area contributed by atoms with E-state index in [9.17, 15) is 4.79 Å². The molecule has 2 rings (SSSR count). The standard InChI is InChI=1S/C13H15N3O4S/c1-7(11(14)17)21-13-16-15-12(20-13)8-4-9(18-2)6-10(5-8)19-3/h4-7H,1-3H3,(H2,14,17)/t7-/m1/s1. The summed E-state index contributed by atoms with van der Waals surface area (Å²) in [7, 11) is 3.12. The van der Waals surface area contributed by atoms with E-state index in [-0.39, 0.29) is 5.22 Å². The van der Waals surface area contributed by atoms with Crippen LogP contribution in [0.1, 0.15) is 6.92 Å². The second kappa shape index (κ2) is 6.49. The Morgan fingerprint density at radius 1 is 1.24 bits per heavy atom. The molecule has 0 saturated carbocycles. The van der Waals surface area contributed by atoms with E-state index < -0.39 is 11.2 Å². The maximum absolute atomic E-state index is 11.0. The van der Waals surface area contributed by atoms with Crippen LogP contribution < -0.4 is 15.2 Å². The van der Waals surface area contributed by atoms with Gasteiger partial charge in [0.2, 0.25) is 11.8 Å². The number of aromatic nitrogens is 2. The highest BCUT2D eigenvalue weighted by Crippen LogP contribution is 2.31. The van der Waals surface area contributed by atoms with Crippen molar-refractivity contribution in [3.05, 3.63) is 18.2 Å². The second-order valence-corrected chi connectivity index (χ2v) is 5.43. The fraction of sp³-hybridized carbons (Fsp3) is 0.308. The summed E-state index contributed by atoms with van der Waals surface area (Å²) in [6, 6.07) is 5.24. The van der Waals surface area contributed by atoms with Gasteiger partial charge in [0, 0.05) is 11.6 Å². The summed E-state index contributed by atoms with van der Waals surface area (Å²) in [6.45, 7) is 1.67. The van der Waals surface area contributed by atoms with Gasteiger partial charge in [0.15, 0.2) is 0 Å². The van der Waals surface area contributed by atoms with Crippen LogP contribution in [0.2, 0.25) is 0 Å². The molecule has 1 atom stereocenters. The summed E-state index contributed by atoms with van der Waals surface area (Å²) in [6.07, 6.45) is 0. The van der Waals surface area contributed by atoms with E-state index in [0.29, 0.717) is 23.0 Å². The summed E-state index contributed by atoms with van der Waals surface area (Å²) < 4.78 is 15.9. The molecule has 0 saturated heterocycles. The quantitative estimate of drug-likeness (QED) is 0.811. The number of carbonyl (C=O) groups excluding carboxylic acids is 1. The Bertz CT molecular complexity index is 622. The lowest BCUT2D eigenvalue weighted by Crippen LogP contribution is -2.22. The number of amides is 1. The minimum atomic E-state index is -0.446. The van der Waals surface area contributed by atoms with Gasteiger partial charge < -0.3 is 19.6 Å². The Hall–Kier alpha value is -2.22. The van der Waals surface area contributed by atoms with Gasteiger partial charge in [0.1, 0.15) is 11.5 Å². The largest absolute Gasteiger partial charge is 0.497 e. The zero-order chi connectivity index (χ0) is 15.4. The number of methoxy groups -OCH3 is 2. The minimum absolute atomic E-state index is 0.276. The van der Waals surface area contributed by atoms with Crippen molar-refractivity contribution in [2.45, 2.75) is 17.4 Å². The first-order valence-electron chi connectivity index (χ1n) is 6.06. The van der Waals surface area contributed by atoms with Crippen molar-refractivity contribution in [1.29, 1.82) is 0 Å². The minimum Gasteiger partial charge on any atom is -0.497 e. The van der Waals surface area contributed by atoms with Gasteiger partial charge in [-0.05, 0) is 19.1 Å². The summed E-state index contributed by atoms with van der Waals surface area (Å²) in [4.78, 5) is 11.0. The third-order valence-electron chi connectivity index (χ3n) is 2.68. The molecule has 8 heteroatoms. The van der Waals surface area contributed by atoms with Crippen LogP contribution >= 0.6 is 11.8 Å². The Morgan fingerprint density at radius 2 is 1.86 bits per heavy atom. The summed E-state index contributed by atoms with van der Waals surface area (Å²) in [5, 5.41) is 7.66. The fourth-order valence-corrected chi connectivity index (χ4v) is 2.15. The average Bonchev–Trinajstić information content (AvgIpc) is 2.95. The zero-order valence-electron chi connectivity index (χ0n) is 11.8. The molecule has 0 aliphatic rings. The highest BCUT2D eigenvalue weighted by molar-refractivity contribution is 8.00. The first-order valence-corrected chi connectivity index (χ1v) is 6.94. The van der Waals surface area contributed by atoms with Gasteiger partial charge in [-0.3, -0.25) is 4.79 Å². The average molecular weight is 309 g/mol. The van der Waals surface area contributed by atoms with Crippen molar-refractivity contribution in [2.75, 3.05) is 14.2 Å². The van der Waals surface area contributed by atoms with Crippen molar-refractivity contribution >= 4 is 17.7 Å². The van der Waals surface area contributed by atoms with E-state index in [1.54, 1.807) is 39.3 Å². The first-order chi connectivity index (χ1) is 10.0. The van der Waals surface area contributed by atoms with Gasteiger partial charge in [-0.15, -0.1) is 10.2 Å². The lowest BCUT2D eigenvalue weighted by molar-refractivity contribution is -0.117. The van der Waals surface area contributed by atoms with Crippen LogP contribution in [0.15, 0.2) is 27.8 Å². The topological polar surface area (TPSA) is 100 Å². The predicted molar refractivity (Wildman–Crippen MR) is 77.4 cm³/mol. The third-order valence-corrected chi connectivity index (χ3v) is 3.64. The second-order valence-electron chi connectivity index (χ2n) is 4.14. The van der Waals surface area contributed by atoms with Crippen molar-refractivity contribution in [3.63, 3.8) is 0 Å². The molecule has 0 bridgehead atoms. The smallest absolute Gasteiger partial charge is 0.277 e. The fourth-order valence-electron chi connectivity index (χ4n) is 1.51. The molecule has 0 unspecified atom stereocenters. The predicted octanol–water partition coefficient (Wildman–Crippen LogP) is 1.72. The number of carbonyl (C=O) groups is 1. The molecule has 21 heavy (non-hydrogen) atoms. The lowest BCUT2D eigenvalue weighted by Gasteiger charge is -2.05. The molecule has 1 heterocycles. The molecule has 0 spiro atoms. The third kappa shape index (κ3) is 3.66. The van der Waals surface area contributed by atoms with E-state index in [1.807, 2.05) is 0 Å². The summed E-state index contributed by atoms with van der Waals surface area (Å²) in [5.74, 6) is 1.10. The van der Waals surface area contributed by atoms with Crippen LogP contribution in [0.25, 0.3) is 11.5 Å². The Kier molecular flexibility index (Phi) is 4.69. The number of nitrogens with zero attached hydrogens (tertiary/aromatic N) is 2. The molecule has 2 N–H and O–H groups in total. The number of thioether (sulfide) groups is 1. The van der Waals surface area contributed by atoms with E-state index in [0.717, 1.165) is 11.8 Å². The van der Waals surface area contributed by atoms with Gasteiger partial charge >= 0.3 is 0 Å². The Labute approximate surface area is 125 Å². The molecular formula is C13H15N3O4S. The van der Waals surface area contributed by atoms with Gasteiger partial charge in [-0.25, -0.2) is 0 Å². The van der Waals surface area contributed by atoms with Crippen LogP contribution in [0.3, 0.4) is 0 Å². The summed E-state index contributed by atoms with van der Waals surface area (Å²) in [5.41, 5.74) is 5.86. The molecule has 112 valence electrons. The van der Waals surface area contributed by atoms with E-state index in [4.69, 9.17) is 19.6 Å². The molecule has 0 aliphatic heterocycles. The molecule has 0 radical (unpaired) electrons. The van der Waals surface area contributed by atoms with E-state index >= 15 is 0 Å². The maximum atomic E-state index is 11.0. The molecule has 1 amide bonds. The first kappa shape index (κ1) is 15.2. The lowest BCUT2D eigenvalue weighted by atomic mass is 10.2. The van der Waals surface area contributed by atoms with Crippen LogP contribution in [0, 0.1) is 0 Å². The molecule has 0 fully saturated rings. The van der Waals surface area contributed by atoms with Crippen molar-refractivity contribution in [1.82, 2.24) is 10.2 Å². The molecular weight excluding hydrogens is 294 g/mol. The number of hydrogen-bond acceptors (Lipinski definition) is 7. The number of ether oxygens (including phenoxy) is 2. The molecule has 1 aromatic carbocycles. The monoisotopic (exact) mass is 309 g/mol. The van der Waals surface area contributed by atoms with Crippen molar-refractivity contribution in [3.8, 4) is 23.0 Å². The van der Waals surface area contributed by atoms with Gasteiger partial charge in [-0.1, -0.05) is 11.8 Å². The molecule has 1 aromatic heterocycles. The maximum Gasteiger partial charge on any atom is 0.277 e. The van der Waals surface area contributed by atoms with Crippen molar-refractivity contribution in [2.24, 2.45) is 5.73 Å². The number of hydrogen-bond donors (Lipinski definition) is 1. The SMILES string of the molecule is COc1cc(OC)cc(-c2nnc(S[C@H](C)C(N)=O)o2)c1. The Morgan fingerprint density at radius 3 is 2.38 bits per heavy atom. The highest BCUT2D eigenvalue weighted by Gasteiger charge is 2.17. The van der Waals surface area contributed by atoms with Gasteiger partial charge in [-0.2, -0.15) is 0 Å². The van der Waals surface area contributed by atoms with Crippen molar-refractivity contribution < 1.29 is 18.7 Å². The van der Waals surface area contributed by atoms with Gasteiger partial charge in [0.25, 0.3) is 5.22 Å². The molecule has 0 aliphatic carbocycles. The molecule has 2 aromatic rings. The van der Waals surface area contributed by atoms with E-state index in [2.05, 4.69) is 10.2 Å². The normalized spacial score (nSPS) is 12.0. The Balaban J connectivity index is 2.26. The van der Waals surface area contributed by atoms with Crippen LogP contribution in [0.5, 0.6) is 11.5 Å². The number of rotatable bonds is 6. The van der Waals surface area contributed by atoms with Crippen LogP contribution in [-0.4, -0.2) is 35.6 Å². The zero-order valence-corrected chi connectivity index (χ0v) is 12.6. The molecule has 7 nitrogen and oxygen atoms in total. The highest BCUT2D eigenvalue weighted by atomic mass is 32.2. The number of nitrogens with two attached hydrogens (primary N) is 1. The summed E-state index contributed by atoms with van der Waals surface area (Å²) >= 11 is 1.11. The van der Waals surface area contributed by atoms with E-state index in [1.165, 1.54) is 0 Å². The van der Waals surface area contributed by atoms with Gasteiger partial charge in [0.05, 0.1) is 19.5 Å². The number of primary amides is 1. The van der Waals surface area contributed by atoms with Crippen LogP contribution in [-0.2, 0) is 4.79 Å². The van der Waals surface area contributed by atoms with Crippen LogP contribution in [0.4, 0.5) is 0 Å². The number of benzene rings is 1.